The summed E-state index contributed by atoms with van der Waals surface area (Å²) in [5, 5.41) is 12.7. The third-order valence-electron chi connectivity index (χ3n) is 3.79. The lowest BCUT2D eigenvalue weighted by Gasteiger charge is -2.31. The fourth-order valence-corrected chi connectivity index (χ4v) is 2.41. The van der Waals surface area contributed by atoms with E-state index in [1.807, 2.05) is 0 Å². The fraction of sp³-hybridized carbons (Fsp3) is 0.625. The molecule has 1 aromatic rings. The Bertz CT molecular complexity index is 371. The zero-order valence-electron chi connectivity index (χ0n) is 11.7. The molecule has 1 saturated carbocycles. The first-order chi connectivity index (χ1) is 8.45. The molecule has 0 atom stereocenters. The van der Waals surface area contributed by atoms with Crippen molar-refractivity contribution >= 4 is 0 Å². The van der Waals surface area contributed by atoms with Gasteiger partial charge in [0.15, 0.2) is 0 Å². The summed E-state index contributed by atoms with van der Waals surface area (Å²) in [6.45, 7) is 8.67. The van der Waals surface area contributed by atoms with Crippen molar-refractivity contribution in [2.45, 2.75) is 51.7 Å². The summed E-state index contributed by atoms with van der Waals surface area (Å²) < 4.78 is 0. The van der Waals surface area contributed by atoms with E-state index >= 15 is 0 Å². The van der Waals surface area contributed by atoms with Gasteiger partial charge in [-0.05, 0) is 41.8 Å². The molecule has 100 valence electrons. The highest BCUT2D eigenvalue weighted by atomic mass is 16.3. The fourth-order valence-electron chi connectivity index (χ4n) is 2.41. The summed E-state index contributed by atoms with van der Waals surface area (Å²) in [7, 11) is 0. The van der Waals surface area contributed by atoms with E-state index in [4.69, 9.17) is 0 Å². The van der Waals surface area contributed by atoms with Crippen LogP contribution in [0.15, 0.2) is 24.3 Å². The van der Waals surface area contributed by atoms with Crippen LogP contribution in [0.2, 0.25) is 0 Å². The van der Waals surface area contributed by atoms with Gasteiger partial charge in [0, 0.05) is 6.54 Å². The highest BCUT2D eigenvalue weighted by Crippen LogP contribution is 2.26. The topological polar surface area (TPSA) is 32.3 Å². The van der Waals surface area contributed by atoms with Crippen molar-refractivity contribution in [2.75, 3.05) is 6.54 Å². The molecule has 0 spiro atoms. The van der Waals surface area contributed by atoms with Gasteiger partial charge in [-0.15, -0.1) is 0 Å². The van der Waals surface area contributed by atoms with Gasteiger partial charge in [-0.2, -0.15) is 0 Å². The minimum absolute atomic E-state index is 0.0390. The Morgan fingerprint density at radius 1 is 1.17 bits per heavy atom. The highest BCUT2D eigenvalue weighted by Gasteiger charge is 2.26. The maximum Gasteiger partial charge on any atom is 0.0546 e. The molecule has 1 aliphatic carbocycles. The maximum absolute atomic E-state index is 9.21. The van der Waals surface area contributed by atoms with Crippen LogP contribution in [0.3, 0.4) is 0 Å². The molecule has 1 aliphatic rings. The summed E-state index contributed by atoms with van der Waals surface area (Å²) in [6, 6.07) is 8.88. The van der Waals surface area contributed by atoms with Crippen molar-refractivity contribution in [1.82, 2.24) is 5.32 Å². The van der Waals surface area contributed by atoms with Gasteiger partial charge >= 0.3 is 0 Å². The second kappa shape index (κ2) is 5.41. The van der Waals surface area contributed by atoms with Crippen molar-refractivity contribution in [2.24, 2.45) is 5.92 Å². The van der Waals surface area contributed by atoms with E-state index in [0.717, 1.165) is 25.9 Å². The average Bonchev–Trinajstić information content (AvgIpc) is 2.26. The quantitative estimate of drug-likeness (QED) is 0.857. The zero-order chi connectivity index (χ0) is 13.2. The van der Waals surface area contributed by atoms with Crippen molar-refractivity contribution in [3.05, 3.63) is 35.4 Å². The first kappa shape index (κ1) is 13.6. The summed E-state index contributed by atoms with van der Waals surface area (Å²) in [5.41, 5.74) is 2.95. The molecule has 0 radical (unpaired) electrons. The normalized spacial score (nSPS) is 23.8. The van der Waals surface area contributed by atoms with Crippen LogP contribution in [0.25, 0.3) is 0 Å². The Morgan fingerprint density at radius 2 is 1.78 bits per heavy atom. The highest BCUT2D eigenvalue weighted by molar-refractivity contribution is 5.27. The molecule has 18 heavy (non-hydrogen) atoms. The Labute approximate surface area is 110 Å². The lowest BCUT2D eigenvalue weighted by molar-refractivity contribution is 0.0430. The molecular weight excluding hydrogens is 222 g/mol. The lowest BCUT2D eigenvalue weighted by Crippen LogP contribution is -2.35. The van der Waals surface area contributed by atoms with Gasteiger partial charge in [0.25, 0.3) is 0 Å². The minimum Gasteiger partial charge on any atom is -0.393 e. The summed E-state index contributed by atoms with van der Waals surface area (Å²) in [4.78, 5) is 0. The van der Waals surface area contributed by atoms with Gasteiger partial charge < -0.3 is 10.4 Å². The van der Waals surface area contributed by atoms with Crippen LogP contribution in [0.1, 0.15) is 44.7 Å². The summed E-state index contributed by atoms with van der Waals surface area (Å²) >= 11 is 0. The Morgan fingerprint density at radius 3 is 2.28 bits per heavy atom. The van der Waals surface area contributed by atoms with E-state index in [2.05, 4.69) is 50.4 Å². The molecule has 2 nitrogen and oxygen atoms in total. The molecule has 0 heterocycles. The number of nitrogens with one attached hydrogen (secondary N) is 1. The van der Waals surface area contributed by atoms with Crippen LogP contribution < -0.4 is 5.32 Å². The molecule has 0 bridgehead atoms. The Hall–Kier alpha value is -0.860. The predicted octanol–water partition coefficient (Wildman–Crippen LogP) is 2.84. The largest absolute Gasteiger partial charge is 0.393 e. The van der Waals surface area contributed by atoms with Crippen LogP contribution in [-0.4, -0.2) is 17.8 Å². The van der Waals surface area contributed by atoms with E-state index in [-0.39, 0.29) is 11.5 Å². The van der Waals surface area contributed by atoms with E-state index < -0.39 is 0 Å². The predicted molar refractivity (Wildman–Crippen MR) is 75.6 cm³/mol. The van der Waals surface area contributed by atoms with E-state index in [0.29, 0.717) is 5.92 Å². The maximum atomic E-state index is 9.21. The molecule has 2 N–H and O–H groups in total. The Balaban J connectivity index is 1.76. The minimum atomic E-state index is -0.0390. The molecule has 0 aliphatic heterocycles. The standard InChI is InChI=1S/C16H25NO/c1-16(2,3)14-6-4-12(5-7-14)10-17-11-13-8-15(18)9-13/h4-7,13,15,17-18H,8-11H2,1-3H3. The van der Waals surface area contributed by atoms with Gasteiger partial charge in [-0.25, -0.2) is 0 Å². The molecule has 1 fully saturated rings. The number of hydrogen-bond acceptors (Lipinski definition) is 2. The second-order valence-electron chi connectivity index (χ2n) is 6.57. The van der Waals surface area contributed by atoms with Gasteiger partial charge in [-0.3, -0.25) is 0 Å². The van der Waals surface area contributed by atoms with E-state index in [9.17, 15) is 5.11 Å². The SMILES string of the molecule is CC(C)(C)c1ccc(CNCC2CC(O)C2)cc1. The molecule has 2 heteroatoms. The monoisotopic (exact) mass is 247 g/mol. The number of benzene rings is 1. The second-order valence-corrected chi connectivity index (χ2v) is 6.57. The molecule has 1 aromatic carbocycles. The molecule has 0 saturated heterocycles. The van der Waals surface area contributed by atoms with Gasteiger partial charge in [0.1, 0.15) is 0 Å². The van der Waals surface area contributed by atoms with Crippen molar-refractivity contribution < 1.29 is 5.11 Å². The molecular formula is C16H25NO. The number of aliphatic hydroxyl groups excluding tert-OH is 1. The molecule has 0 amide bonds. The third-order valence-corrected chi connectivity index (χ3v) is 3.79. The summed E-state index contributed by atoms with van der Waals surface area (Å²) in [5.74, 6) is 0.675. The molecule has 0 unspecified atom stereocenters. The molecule has 2 rings (SSSR count). The molecule has 0 aromatic heterocycles. The van der Waals surface area contributed by atoms with Crippen LogP contribution in [0.4, 0.5) is 0 Å². The van der Waals surface area contributed by atoms with Crippen molar-refractivity contribution in [3.63, 3.8) is 0 Å². The first-order valence-corrected chi connectivity index (χ1v) is 6.93. The zero-order valence-corrected chi connectivity index (χ0v) is 11.7. The number of rotatable bonds is 4. The van der Waals surface area contributed by atoms with Crippen molar-refractivity contribution in [1.29, 1.82) is 0 Å². The average molecular weight is 247 g/mol. The van der Waals surface area contributed by atoms with Crippen LogP contribution in [0.5, 0.6) is 0 Å². The number of aliphatic hydroxyl groups is 1. The Kier molecular flexibility index (Phi) is 4.08. The van der Waals surface area contributed by atoms with Crippen molar-refractivity contribution in [3.8, 4) is 0 Å². The van der Waals surface area contributed by atoms with E-state index in [1.54, 1.807) is 0 Å². The van der Waals surface area contributed by atoms with Crippen LogP contribution >= 0.6 is 0 Å². The van der Waals surface area contributed by atoms with Crippen LogP contribution in [0, 0.1) is 5.92 Å². The number of hydrogen-bond donors (Lipinski definition) is 2. The van der Waals surface area contributed by atoms with Gasteiger partial charge in [0.05, 0.1) is 6.10 Å². The smallest absolute Gasteiger partial charge is 0.0546 e. The first-order valence-electron chi connectivity index (χ1n) is 6.93. The van der Waals surface area contributed by atoms with Gasteiger partial charge in [0.2, 0.25) is 0 Å². The summed E-state index contributed by atoms with van der Waals surface area (Å²) in [6.07, 6.45) is 1.90. The van der Waals surface area contributed by atoms with Gasteiger partial charge in [-0.1, -0.05) is 45.0 Å². The lowest BCUT2D eigenvalue weighted by atomic mass is 9.82. The van der Waals surface area contributed by atoms with E-state index in [1.165, 1.54) is 11.1 Å². The van der Waals surface area contributed by atoms with Crippen LogP contribution in [-0.2, 0) is 12.0 Å². The third kappa shape index (κ3) is 3.56.